The van der Waals surface area contributed by atoms with E-state index >= 15 is 0 Å². The number of ether oxygens (including phenoxy) is 1. The third kappa shape index (κ3) is 2.45. The van der Waals surface area contributed by atoms with Crippen LogP contribution >= 0.6 is 15.9 Å². The van der Waals surface area contributed by atoms with Crippen LogP contribution in [0.25, 0.3) is 0 Å². The first-order valence-corrected chi connectivity index (χ1v) is 6.17. The van der Waals surface area contributed by atoms with Gasteiger partial charge in [0.05, 0.1) is 7.11 Å². The number of halogens is 1. The maximum Gasteiger partial charge on any atom is 0.179 e. The van der Waals surface area contributed by atoms with Crippen molar-refractivity contribution in [3.8, 4) is 5.75 Å². The number of methoxy groups -OCH3 is 1. The topological polar surface area (TPSA) is 43.4 Å². The second-order valence-electron chi connectivity index (χ2n) is 2.57. The summed E-state index contributed by atoms with van der Waals surface area (Å²) in [6, 6.07) is 4.86. The van der Waals surface area contributed by atoms with Crippen molar-refractivity contribution in [3.63, 3.8) is 0 Å². The fraction of sp³-hybridized carbons (Fsp3) is 0.250. The van der Waals surface area contributed by atoms with Crippen molar-refractivity contribution in [1.29, 1.82) is 0 Å². The number of rotatable bonds is 2. The molecule has 0 aliphatic heterocycles. The van der Waals surface area contributed by atoms with Crippen molar-refractivity contribution in [2.45, 2.75) is 4.90 Å². The molecule has 0 atom stereocenters. The summed E-state index contributed by atoms with van der Waals surface area (Å²) in [5.41, 5.74) is 0. The summed E-state index contributed by atoms with van der Waals surface area (Å²) in [5.74, 6) is 0.366. The first kappa shape index (κ1) is 10.5. The maximum atomic E-state index is 11.3. The van der Waals surface area contributed by atoms with E-state index in [0.29, 0.717) is 10.2 Å². The summed E-state index contributed by atoms with van der Waals surface area (Å²) in [4.78, 5) is 0.198. The first-order valence-electron chi connectivity index (χ1n) is 3.49. The van der Waals surface area contributed by atoms with Crippen LogP contribution in [0.5, 0.6) is 5.75 Å². The van der Waals surface area contributed by atoms with Crippen LogP contribution in [0.4, 0.5) is 0 Å². The lowest BCUT2D eigenvalue weighted by atomic mass is 10.3. The molecule has 0 saturated heterocycles. The number of hydrogen-bond donors (Lipinski definition) is 0. The van der Waals surface area contributed by atoms with E-state index in [4.69, 9.17) is 4.74 Å². The molecule has 0 fully saturated rings. The monoisotopic (exact) mass is 264 g/mol. The second kappa shape index (κ2) is 3.67. The molecule has 5 heteroatoms. The lowest BCUT2D eigenvalue weighted by molar-refractivity contribution is 0.403. The van der Waals surface area contributed by atoms with Gasteiger partial charge < -0.3 is 4.74 Å². The summed E-state index contributed by atoms with van der Waals surface area (Å²) in [6.45, 7) is 0. The second-order valence-corrected chi connectivity index (χ2v) is 5.47. The standard InChI is InChI=1S/C8H9BrO3S/c1-12-7-4-3-6(9)5-8(7)13(2,10)11/h3-5H,1-2H3. The molecular weight excluding hydrogens is 256 g/mol. The molecule has 72 valence electrons. The number of benzene rings is 1. The highest BCUT2D eigenvalue weighted by Crippen LogP contribution is 2.26. The van der Waals surface area contributed by atoms with Crippen molar-refractivity contribution >= 4 is 25.8 Å². The van der Waals surface area contributed by atoms with Gasteiger partial charge in [0.25, 0.3) is 0 Å². The molecule has 0 spiro atoms. The van der Waals surface area contributed by atoms with E-state index in [1.807, 2.05) is 0 Å². The van der Waals surface area contributed by atoms with Gasteiger partial charge >= 0.3 is 0 Å². The van der Waals surface area contributed by atoms with E-state index in [0.717, 1.165) is 6.26 Å². The Morgan fingerprint density at radius 1 is 1.38 bits per heavy atom. The van der Waals surface area contributed by atoms with Gasteiger partial charge in [-0.3, -0.25) is 0 Å². The van der Waals surface area contributed by atoms with Crippen molar-refractivity contribution in [2.75, 3.05) is 13.4 Å². The first-order chi connectivity index (χ1) is 5.95. The van der Waals surface area contributed by atoms with Crippen LogP contribution in [-0.4, -0.2) is 21.8 Å². The van der Waals surface area contributed by atoms with Crippen LogP contribution in [0.2, 0.25) is 0 Å². The van der Waals surface area contributed by atoms with Crippen LogP contribution in [-0.2, 0) is 9.84 Å². The van der Waals surface area contributed by atoms with E-state index in [-0.39, 0.29) is 4.90 Å². The molecule has 0 saturated carbocycles. The number of sulfone groups is 1. The van der Waals surface area contributed by atoms with Gasteiger partial charge in [-0.05, 0) is 18.2 Å². The Labute approximate surface area is 85.8 Å². The lowest BCUT2D eigenvalue weighted by Crippen LogP contribution is -2.00. The average molecular weight is 265 g/mol. The van der Waals surface area contributed by atoms with Gasteiger partial charge in [0.15, 0.2) is 9.84 Å². The van der Waals surface area contributed by atoms with Crippen LogP contribution in [0.15, 0.2) is 27.6 Å². The summed E-state index contributed by atoms with van der Waals surface area (Å²) >= 11 is 3.20. The fourth-order valence-corrected chi connectivity index (χ4v) is 2.31. The Morgan fingerprint density at radius 3 is 2.46 bits per heavy atom. The summed E-state index contributed by atoms with van der Waals surface area (Å²) in [7, 11) is -1.78. The minimum atomic E-state index is -3.22. The minimum absolute atomic E-state index is 0.198. The highest BCUT2D eigenvalue weighted by molar-refractivity contribution is 9.10. The molecule has 0 bridgehead atoms. The molecule has 0 aromatic heterocycles. The molecule has 13 heavy (non-hydrogen) atoms. The van der Waals surface area contributed by atoms with Gasteiger partial charge in [-0.2, -0.15) is 0 Å². The molecule has 3 nitrogen and oxygen atoms in total. The zero-order valence-corrected chi connectivity index (χ0v) is 9.65. The Hall–Kier alpha value is -0.550. The molecule has 0 unspecified atom stereocenters. The molecular formula is C8H9BrO3S. The maximum absolute atomic E-state index is 11.3. The van der Waals surface area contributed by atoms with Crippen molar-refractivity contribution in [1.82, 2.24) is 0 Å². The van der Waals surface area contributed by atoms with E-state index in [1.165, 1.54) is 13.2 Å². The van der Waals surface area contributed by atoms with Gasteiger partial charge in [-0.1, -0.05) is 15.9 Å². The number of hydrogen-bond acceptors (Lipinski definition) is 3. The highest BCUT2D eigenvalue weighted by Gasteiger charge is 2.13. The fourth-order valence-electron chi connectivity index (χ4n) is 0.940. The summed E-state index contributed by atoms with van der Waals surface area (Å²) < 4.78 is 28.2. The summed E-state index contributed by atoms with van der Waals surface area (Å²) in [5, 5.41) is 0. The van der Waals surface area contributed by atoms with Crippen molar-refractivity contribution in [3.05, 3.63) is 22.7 Å². The van der Waals surface area contributed by atoms with Crippen LogP contribution < -0.4 is 4.74 Å². The normalized spacial score (nSPS) is 11.3. The molecule has 1 aromatic rings. The van der Waals surface area contributed by atoms with E-state index in [2.05, 4.69) is 15.9 Å². The summed E-state index contributed by atoms with van der Waals surface area (Å²) in [6.07, 6.45) is 1.15. The van der Waals surface area contributed by atoms with Crippen molar-refractivity contribution in [2.24, 2.45) is 0 Å². The third-order valence-corrected chi connectivity index (χ3v) is 3.14. The quantitative estimate of drug-likeness (QED) is 0.819. The Kier molecular flexibility index (Phi) is 2.98. The zero-order valence-electron chi connectivity index (χ0n) is 7.24. The van der Waals surface area contributed by atoms with Gasteiger partial charge in [-0.25, -0.2) is 8.42 Å². The molecule has 0 N–H and O–H groups in total. The molecule has 1 aromatic carbocycles. The Balaban J connectivity index is 3.41. The minimum Gasteiger partial charge on any atom is -0.495 e. The van der Waals surface area contributed by atoms with E-state index < -0.39 is 9.84 Å². The Morgan fingerprint density at radius 2 is 2.00 bits per heavy atom. The largest absolute Gasteiger partial charge is 0.495 e. The molecule has 1 rings (SSSR count). The molecule has 0 aliphatic rings. The smallest absolute Gasteiger partial charge is 0.179 e. The van der Waals surface area contributed by atoms with Gasteiger partial charge in [0.1, 0.15) is 10.6 Å². The lowest BCUT2D eigenvalue weighted by Gasteiger charge is -2.06. The average Bonchev–Trinajstić information content (AvgIpc) is 2.03. The van der Waals surface area contributed by atoms with Gasteiger partial charge in [0.2, 0.25) is 0 Å². The van der Waals surface area contributed by atoms with Crippen LogP contribution in [0.1, 0.15) is 0 Å². The third-order valence-electron chi connectivity index (χ3n) is 1.53. The van der Waals surface area contributed by atoms with Crippen LogP contribution in [0.3, 0.4) is 0 Å². The predicted molar refractivity (Wildman–Crippen MR) is 53.8 cm³/mol. The van der Waals surface area contributed by atoms with E-state index in [1.54, 1.807) is 12.1 Å². The van der Waals surface area contributed by atoms with Crippen LogP contribution in [0, 0.1) is 0 Å². The SMILES string of the molecule is COc1ccc(Br)cc1S(C)(=O)=O. The van der Waals surface area contributed by atoms with Gasteiger partial charge in [0, 0.05) is 10.7 Å². The highest BCUT2D eigenvalue weighted by atomic mass is 79.9. The van der Waals surface area contributed by atoms with Crippen molar-refractivity contribution < 1.29 is 13.2 Å². The zero-order chi connectivity index (χ0) is 10.1. The molecule has 0 heterocycles. The van der Waals surface area contributed by atoms with E-state index in [9.17, 15) is 8.42 Å². The van der Waals surface area contributed by atoms with Gasteiger partial charge in [-0.15, -0.1) is 0 Å². The predicted octanol–water partition coefficient (Wildman–Crippen LogP) is 1.86. The molecule has 0 radical (unpaired) electrons. The molecule has 0 amide bonds. The molecule has 0 aliphatic carbocycles. The Bertz CT molecular complexity index is 411.